The quantitative estimate of drug-likeness (QED) is 0.308. The van der Waals surface area contributed by atoms with Crippen LogP contribution in [0.15, 0.2) is 59.0 Å². The topological polar surface area (TPSA) is 131 Å². The second-order valence-electron chi connectivity index (χ2n) is 3.87. The molecule has 0 amide bonds. The smallest absolute Gasteiger partial charge is 0.485 e. The zero-order valence-electron chi connectivity index (χ0n) is 12.7. The van der Waals surface area contributed by atoms with E-state index >= 15 is 0 Å². The van der Waals surface area contributed by atoms with Crippen molar-refractivity contribution >= 4 is 47.1 Å². The first-order valence-electron chi connectivity index (χ1n) is 6.47. The molecule has 0 atom stereocenters. The van der Waals surface area contributed by atoms with Crippen molar-refractivity contribution in [3.8, 4) is 0 Å². The van der Waals surface area contributed by atoms with Crippen LogP contribution in [0.4, 0.5) is 0 Å². The first kappa shape index (κ1) is 22.7. The van der Waals surface area contributed by atoms with Crippen LogP contribution in [0.3, 0.4) is 0 Å². The van der Waals surface area contributed by atoms with E-state index in [0.29, 0.717) is 0 Å². The summed E-state index contributed by atoms with van der Waals surface area (Å²) in [5, 5.41) is 7.26. The molecule has 0 saturated heterocycles. The van der Waals surface area contributed by atoms with Crippen LogP contribution in [0.2, 0.25) is 0 Å². The molecule has 2 aromatic heterocycles. The van der Waals surface area contributed by atoms with Gasteiger partial charge in [0.15, 0.2) is 0 Å². The van der Waals surface area contributed by atoms with Gasteiger partial charge in [-0.25, -0.2) is 0 Å². The standard InChI is InChI=1S/2C7H8N4S.Pd/c2*8-7(12)11-10-5-6-3-1-2-4-9-6;/h2*1-5H,(H3,8,9,11,12);/q;;+2/p-2. The summed E-state index contributed by atoms with van der Waals surface area (Å²) in [5.74, 6) is 0. The summed E-state index contributed by atoms with van der Waals surface area (Å²) < 4.78 is 0. The first-order chi connectivity index (χ1) is 11.6. The molecule has 0 radical (unpaired) electrons. The van der Waals surface area contributed by atoms with E-state index in [1.807, 2.05) is 24.3 Å². The summed E-state index contributed by atoms with van der Waals surface area (Å²) in [6.07, 6.45) is 6.31. The number of aromatic nitrogens is 2. The Morgan fingerprint density at radius 1 is 0.840 bits per heavy atom. The van der Waals surface area contributed by atoms with Crippen molar-refractivity contribution in [3.63, 3.8) is 0 Å². The third-order valence-corrected chi connectivity index (χ3v) is 2.23. The molecule has 0 aliphatic carbocycles. The number of nitrogens with zero attached hydrogens (tertiary/aromatic N) is 6. The van der Waals surface area contributed by atoms with Crippen LogP contribution in [0, 0.1) is 0 Å². The third-order valence-electron chi connectivity index (χ3n) is 2.07. The molecule has 0 saturated carbocycles. The molecule has 132 valence electrons. The van der Waals surface area contributed by atoms with Gasteiger partial charge >= 0.3 is 20.4 Å². The molecule has 0 aliphatic heterocycles. The molecule has 8 nitrogen and oxygen atoms in total. The number of pyridine rings is 2. The largest absolute Gasteiger partial charge is 2.00 e. The molecule has 4 N–H and O–H groups in total. The van der Waals surface area contributed by atoms with Gasteiger partial charge in [0.1, 0.15) is 0 Å². The number of thiocarbonyl (C=S) groups is 2. The van der Waals surface area contributed by atoms with Crippen molar-refractivity contribution in [2.45, 2.75) is 0 Å². The summed E-state index contributed by atoms with van der Waals surface area (Å²) in [7, 11) is 0. The molecule has 0 aromatic carbocycles. The maximum atomic E-state index is 5.09. The van der Waals surface area contributed by atoms with E-state index in [2.05, 4.69) is 55.5 Å². The van der Waals surface area contributed by atoms with Gasteiger partial charge < -0.3 is 22.3 Å². The predicted molar refractivity (Wildman–Crippen MR) is 104 cm³/mol. The molecule has 2 aromatic rings. The van der Waals surface area contributed by atoms with E-state index < -0.39 is 0 Å². The Morgan fingerprint density at radius 3 is 1.52 bits per heavy atom. The van der Waals surface area contributed by atoms with E-state index in [9.17, 15) is 0 Å². The van der Waals surface area contributed by atoms with E-state index in [-0.39, 0.29) is 30.6 Å². The zero-order chi connectivity index (χ0) is 17.6. The fraction of sp³-hybridized carbons (Fsp3) is 0. The van der Waals surface area contributed by atoms with E-state index in [1.54, 1.807) is 24.5 Å². The Hall–Kier alpha value is -2.32. The van der Waals surface area contributed by atoms with E-state index in [0.717, 1.165) is 11.4 Å². The summed E-state index contributed by atoms with van der Waals surface area (Å²) in [6.45, 7) is 0. The maximum absolute atomic E-state index is 5.09. The van der Waals surface area contributed by atoms with Crippen LogP contribution in [0.5, 0.6) is 0 Å². The molecule has 25 heavy (non-hydrogen) atoms. The molecular formula is C14H14N8PdS2. The summed E-state index contributed by atoms with van der Waals surface area (Å²) in [4.78, 5) is 7.96. The minimum Gasteiger partial charge on any atom is -0.485 e. The molecule has 2 heterocycles. The van der Waals surface area contributed by atoms with Crippen molar-refractivity contribution in [2.75, 3.05) is 0 Å². The Balaban J connectivity index is 0.000000443. The van der Waals surface area contributed by atoms with Gasteiger partial charge in [-0.2, -0.15) is 0 Å². The van der Waals surface area contributed by atoms with E-state index in [4.69, 9.17) is 11.5 Å². The van der Waals surface area contributed by atoms with Crippen molar-refractivity contribution < 1.29 is 20.4 Å². The molecule has 0 aliphatic rings. The summed E-state index contributed by atoms with van der Waals surface area (Å²) in [5.41, 5.74) is 18.5. The van der Waals surface area contributed by atoms with Crippen LogP contribution in [-0.2, 0) is 20.4 Å². The Kier molecular flexibility index (Phi) is 12.8. The molecular weight excluding hydrogens is 451 g/mol. The Morgan fingerprint density at radius 2 is 1.24 bits per heavy atom. The fourth-order valence-electron chi connectivity index (χ4n) is 1.19. The number of hydrogen-bond acceptors (Lipinski definition) is 6. The number of hydrogen-bond donors (Lipinski definition) is 2. The van der Waals surface area contributed by atoms with Gasteiger partial charge in [-0.1, -0.05) is 36.6 Å². The van der Waals surface area contributed by atoms with Crippen molar-refractivity contribution in [3.05, 3.63) is 71.0 Å². The van der Waals surface area contributed by atoms with Gasteiger partial charge in [0, 0.05) is 22.6 Å². The molecule has 0 bridgehead atoms. The summed E-state index contributed by atoms with van der Waals surface area (Å²) in [6, 6.07) is 11.0. The van der Waals surface area contributed by atoms with Gasteiger partial charge in [-0.15, -0.1) is 0 Å². The fourth-order valence-corrected chi connectivity index (χ4v) is 1.29. The summed E-state index contributed by atoms with van der Waals surface area (Å²) >= 11 is 8.98. The maximum Gasteiger partial charge on any atom is 2.00 e. The molecule has 0 unspecified atom stereocenters. The van der Waals surface area contributed by atoms with Crippen LogP contribution >= 0.6 is 24.4 Å². The van der Waals surface area contributed by atoms with Gasteiger partial charge in [-0.05, 0) is 24.3 Å². The average molecular weight is 465 g/mol. The van der Waals surface area contributed by atoms with Crippen molar-refractivity contribution in [2.24, 2.45) is 21.7 Å². The average Bonchev–Trinajstić information content (AvgIpc) is 2.57. The van der Waals surface area contributed by atoms with Gasteiger partial charge in [-0.3, -0.25) is 20.2 Å². The van der Waals surface area contributed by atoms with Crippen molar-refractivity contribution in [1.29, 1.82) is 0 Å². The Labute approximate surface area is 169 Å². The SMILES string of the molecule is NC(=S)[N-]/N=C\c1ccccn1.NC(=S)[N-]/N=C\c1ccccn1.[Pd+2]. The van der Waals surface area contributed by atoms with Gasteiger partial charge in [0.05, 0.1) is 23.8 Å². The second-order valence-corrected chi connectivity index (χ2v) is 4.71. The second kappa shape index (κ2) is 14.1. The normalized spacial score (nSPS) is 9.60. The van der Waals surface area contributed by atoms with Crippen LogP contribution in [0.1, 0.15) is 11.4 Å². The predicted octanol–water partition coefficient (Wildman–Crippen LogP) is 2.06. The zero-order valence-corrected chi connectivity index (χ0v) is 15.9. The number of rotatable bonds is 4. The third kappa shape index (κ3) is 12.7. The molecule has 11 heteroatoms. The minimum atomic E-state index is 0. The molecule has 0 fully saturated rings. The Bertz CT molecular complexity index is 633. The van der Waals surface area contributed by atoms with Gasteiger partial charge in [0.2, 0.25) is 0 Å². The van der Waals surface area contributed by atoms with Crippen LogP contribution < -0.4 is 11.5 Å². The van der Waals surface area contributed by atoms with Crippen LogP contribution in [0.25, 0.3) is 10.9 Å². The molecule has 0 spiro atoms. The number of nitrogens with two attached hydrogens (primary N) is 2. The van der Waals surface area contributed by atoms with Crippen molar-refractivity contribution in [1.82, 2.24) is 9.97 Å². The van der Waals surface area contributed by atoms with Gasteiger partial charge in [0.25, 0.3) is 0 Å². The van der Waals surface area contributed by atoms with Crippen LogP contribution in [-0.4, -0.2) is 32.6 Å². The molecule has 2 rings (SSSR count). The minimum absolute atomic E-state index is 0. The van der Waals surface area contributed by atoms with E-state index in [1.165, 1.54) is 12.4 Å². The first-order valence-corrected chi connectivity index (χ1v) is 7.28. The monoisotopic (exact) mass is 464 g/mol.